The smallest absolute Gasteiger partial charge is 0.0577 e. The highest BCUT2D eigenvalue weighted by Crippen LogP contribution is 2.30. The molecule has 0 heterocycles. The van der Waals surface area contributed by atoms with E-state index in [-0.39, 0.29) is 6.04 Å². The zero-order valence-corrected chi connectivity index (χ0v) is 14.3. The Hall–Kier alpha value is -0.540. The zero-order chi connectivity index (χ0) is 14.5. The van der Waals surface area contributed by atoms with Crippen LogP contribution < -0.4 is 5.32 Å². The van der Waals surface area contributed by atoms with Crippen molar-refractivity contribution in [3.63, 3.8) is 0 Å². The van der Waals surface area contributed by atoms with Gasteiger partial charge in [0.1, 0.15) is 0 Å². The Bertz CT molecular complexity index is 586. The van der Waals surface area contributed by atoms with Gasteiger partial charge in [-0.25, -0.2) is 0 Å². The van der Waals surface area contributed by atoms with Crippen LogP contribution in [0.15, 0.2) is 46.9 Å². The van der Waals surface area contributed by atoms with Gasteiger partial charge >= 0.3 is 0 Å². The summed E-state index contributed by atoms with van der Waals surface area (Å²) in [6.07, 6.45) is 1.08. The van der Waals surface area contributed by atoms with Gasteiger partial charge in [-0.15, -0.1) is 0 Å². The Balaban J connectivity index is 2.38. The summed E-state index contributed by atoms with van der Waals surface area (Å²) in [5.74, 6) is 0. The van der Waals surface area contributed by atoms with Crippen LogP contribution in [0.25, 0.3) is 0 Å². The molecule has 0 amide bonds. The number of hydrogen-bond acceptors (Lipinski definition) is 1. The van der Waals surface area contributed by atoms with Crippen LogP contribution in [0.1, 0.15) is 30.5 Å². The Morgan fingerprint density at radius 3 is 2.50 bits per heavy atom. The molecule has 0 aliphatic carbocycles. The standard InChI is InChI=1S/C16H16BrCl2N/c1-2-8-20-16(11-4-3-5-13(18)9-11)12-6-7-15(19)14(17)10-12/h3-7,9-10,16,20H,2,8H2,1H3. The molecule has 0 fully saturated rings. The van der Waals surface area contributed by atoms with Crippen molar-refractivity contribution >= 4 is 39.1 Å². The second-order valence-electron chi connectivity index (χ2n) is 4.62. The van der Waals surface area contributed by atoms with Gasteiger partial charge in [0.25, 0.3) is 0 Å². The SMILES string of the molecule is CCCNC(c1cccc(Cl)c1)c1ccc(Cl)c(Br)c1. The van der Waals surface area contributed by atoms with E-state index in [1.165, 1.54) is 0 Å². The van der Waals surface area contributed by atoms with E-state index < -0.39 is 0 Å². The topological polar surface area (TPSA) is 12.0 Å². The third kappa shape index (κ3) is 3.98. The van der Waals surface area contributed by atoms with Crippen LogP contribution in [0.3, 0.4) is 0 Å². The summed E-state index contributed by atoms with van der Waals surface area (Å²) in [6.45, 7) is 3.09. The number of hydrogen-bond donors (Lipinski definition) is 1. The van der Waals surface area contributed by atoms with Crippen molar-refractivity contribution in [2.24, 2.45) is 0 Å². The molecule has 1 atom stereocenters. The molecule has 2 rings (SSSR count). The van der Waals surface area contributed by atoms with E-state index >= 15 is 0 Å². The quantitative estimate of drug-likeness (QED) is 0.694. The van der Waals surface area contributed by atoms with Crippen molar-refractivity contribution in [1.82, 2.24) is 5.32 Å². The highest BCUT2D eigenvalue weighted by atomic mass is 79.9. The molecule has 0 saturated heterocycles. The number of benzene rings is 2. The maximum absolute atomic E-state index is 6.11. The largest absolute Gasteiger partial charge is 0.306 e. The van der Waals surface area contributed by atoms with Crippen LogP contribution in [0.2, 0.25) is 10.0 Å². The minimum absolute atomic E-state index is 0.113. The van der Waals surface area contributed by atoms with Crippen LogP contribution in [-0.2, 0) is 0 Å². The summed E-state index contributed by atoms with van der Waals surface area (Å²) in [5.41, 5.74) is 2.32. The van der Waals surface area contributed by atoms with Crippen molar-refractivity contribution in [2.45, 2.75) is 19.4 Å². The predicted octanol–water partition coefficient (Wildman–Crippen LogP) is 5.84. The van der Waals surface area contributed by atoms with Crippen molar-refractivity contribution in [3.05, 3.63) is 68.1 Å². The van der Waals surface area contributed by atoms with Gasteiger partial charge in [-0.1, -0.05) is 48.3 Å². The van der Waals surface area contributed by atoms with Crippen molar-refractivity contribution < 1.29 is 0 Å². The highest BCUT2D eigenvalue weighted by Gasteiger charge is 2.14. The first-order valence-corrected chi connectivity index (χ1v) is 8.10. The monoisotopic (exact) mass is 371 g/mol. The van der Waals surface area contributed by atoms with Crippen molar-refractivity contribution in [1.29, 1.82) is 0 Å². The van der Waals surface area contributed by atoms with Gasteiger partial charge in [0.05, 0.1) is 11.1 Å². The first-order valence-electron chi connectivity index (χ1n) is 6.55. The van der Waals surface area contributed by atoms with E-state index in [2.05, 4.69) is 40.3 Å². The summed E-state index contributed by atoms with van der Waals surface area (Å²) in [4.78, 5) is 0. The number of nitrogens with one attached hydrogen (secondary N) is 1. The summed E-state index contributed by atoms with van der Waals surface area (Å²) in [5, 5.41) is 5.02. The van der Waals surface area contributed by atoms with Gasteiger partial charge in [-0.05, 0) is 64.3 Å². The molecule has 0 radical (unpaired) electrons. The fourth-order valence-corrected chi connectivity index (χ4v) is 2.81. The van der Waals surface area contributed by atoms with Crippen molar-refractivity contribution in [3.8, 4) is 0 Å². The lowest BCUT2D eigenvalue weighted by atomic mass is 9.98. The van der Waals surface area contributed by atoms with Gasteiger partial charge < -0.3 is 5.32 Å². The molecule has 1 unspecified atom stereocenters. The van der Waals surface area contributed by atoms with Crippen LogP contribution in [0.5, 0.6) is 0 Å². The lowest BCUT2D eigenvalue weighted by Gasteiger charge is -2.20. The van der Waals surface area contributed by atoms with E-state index in [4.69, 9.17) is 23.2 Å². The lowest BCUT2D eigenvalue weighted by Crippen LogP contribution is -2.23. The molecule has 0 spiro atoms. The molecule has 2 aromatic carbocycles. The normalized spacial score (nSPS) is 12.4. The fraction of sp³-hybridized carbons (Fsp3) is 0.250. The molecule has 106 valence electrons. The highest BCUT2D eigenvalue weighted by molar-refractivity contribution is 9.10. The van der Waals surface area contributed by atoms with Gasteiger partial charge in [0.2, 0.25) is 0 Å². The third-order valence-electron chi connectivity index (χ3n) is 3.06. The predicted molar refractivity (Wildman–Crippen MR) is 90.7 cm³/mol. The Morgan fingerprint density at radius 1 is 1.10 bits per heavy atom. The minimum Gasteiger partial charge on any atom is -0.306 e. The van der Waals surface area contributed by atoms with Gasteiger partial charge in [-0.3, -0.25) is 0 Å². The molecule has 0 bridgehead atoms. The van der Waals surface area contributed by atoms with E-state index in [0.717, 1.165) is 33.6 Å². The number of halogens is 3. The molecule has 1 N–H and O–H groups in total. The second-order valence-corrected chi connectivity index (χ2v) is 6.31. The fourth-order valence-electron chi connectivity index (χ4n) is 2.09. The molecule has 0 aliphatic rings. The summed E-state index contributed by atoms with van der Waals surface area (Å²) >= 11 is 15.7. The average Bonchev–Trinajstić information content (AvgIpc) is 2.43. The maximum Gasteiger partial charge on any atom is 0.0577 e. The average molecular weight is 373 g/mol. The molecule has 20 heavy (non-hydrogen) atoms. The van der Waals surface area contributed by atoms with Gasteiger partial charge in [-0.2, -0.15) is 0 Å². The zero-order valence-electron chi connectivity index (χ0n) is 11.2. The van der Waals surface area contributed by atoms with Gasteiger partial charge in [0.15, 0.2) is 0 Å². The van der Waals surface area contributed by atoms with E-state index in [1.807, 2.05) is 30.3 Å². The Kier molecular flexibility index (Phi) is 5.91. The Labute approximate surface area is 138 Å². The summed E-state index contributed by atoms with van der Waals surface area (Å²) in [7, 11) is 0. The molecule has 0 saturated carbocycles. The molecule has 2 aromatic rings. The Morgan fingerprint density at radius 2 is 1.85 bits per heavy atom. The molecule has 0 aromatic heterocycles. The molecular weight excluding hydrogens is 357 g/mol. The van der Waals surface area contributed by atoms with Crippen molar-refractivity contribution in [2.75, 3.05) is 6.54 Å². The van der Waals surface area contributed by atoms with Crippen LogP contribution in [0.4, 0.5) is 0 Å². The number of rotatable bonds is 5. The van der Waals surface area contributed by atoms with Crippen LogP contribution in [-0.4, -0.2) is 6.54 Å². The molecule has 0 aliphatic heterocycles. The van der Waals surface area contributed by atoms with Crippen LogP contribution >= 0.6 is 39.1 Å². The first kappa shape index (κ1) is 15.8. The lowest BCUT2D eigenvalue weighted by molar-refractivity contribution is 0.598. The molecular formula is C16H16BrCl2N. The molecule has 1 nitrogen and oxygen atoms in total. The van der Waals surface area contributed by atoms with E-state index in [9.17, 15) is 0 Å². The summed E-state index contributed by atoms with van der Waals surface area (Å²) < 4.78 is 0.905. The minimum atomic E-state index is 0.113. The first-order chi connectivity index (χ1) is 9.61. The van der Waals surface area contributed by atoms with E-state index in [1.54, 1.807) is 0 Å². The van der Waals surface area contributed by atoms with E-state index in [0.29, 0.717) is 5.02 Å². The maximum atomic E-state index is 6.11. The van der Waals surface area contributed by atoms with Gasteiger partial charge in [0, 0.05) is 9.50 Å². The summed E-state index contributed by atoms with van der Waals surface area (Å²) in [6, 6.07) is 14.1. The third-order valence-corrected chi connectivity index (χ3v) is 4.51. The second kappa shape index (κ2) is 7.46. The molecule has 4 heteroatoms. The van der Waals surface area contributed by atoms with Crippen LogP contribution in [0, 0.1) is 0 Å².